The SMILES string of the molecule is O=C(Cl)CC1CO1. The molecule has 1 heterocycles. The van der Waals surface area contributed by atoms with E-state index in [1.165, 1.54) is 0 Å². The van der Waals surface area contributed by atoms with Gasteiger partial charge in [0.2, 0.25) is 5.24 Å². The molecule has 3 heteroatoms. The second-order valence-electron chi connectivity index (χ2n) is 1.51. The molecule has 0 aliphatic carbocycles. The van der Waals surface area contributed by atoms with Gasteiger partial charge >= 0.3 is 0 Å². The van der Waals surface area contributed by atoms with Crippen molar-refractivity contribution < 1.29 is 9.53 Å². The fourth-order valence-corrected chi connectivity index (χ4v) is 0.537. The Morgan fingerprint density at radius 3 is 2.71 bits per heavy atom. The molecule has 1 fully saturated rings. The molecule has 0 saturated carbocycles. The molecule has 0 aromatic carbocycles. The molecular weight excluding hydrogens is 115 g/mol. The topological polar surface area (TPSA) is 29.6 Å². The predicted molar refractivity (Wildman–Crippen MR) is 25.2 cm³/mol. The van der Waals surface area contributed by atoms with Crippen molar-refractivity contribution in [1.29, 1.82) is 0 Å². The number of halogens is 1. The average molecular weight is 121 g/mol. The van der Waals surface area contributed by atoms with E-state index in [2.05, 4.69) is 0 Å². The van der Waals surface area contributed by atoms with Crippen molar-refractivity contribution >= 4 is 16.8 Å². The lowest BCUT2D eigenvalue weighted by Gasteiger charge is -1.78. The Bertz CT molecular complexity index is 87.7. The van der Waals surface area contributed by atoms with Crippen molar-refractivity contribution in [3.05, 3.63) is 0 Å². The van der Waals surface area contributed by atoms with Gasteiger partial charge in [0.25, 0.3) is 0 Å². The van der Waals surface area contributed by atoms with Crippen LogP contribution in [0.2, 0.25) is 0 Å². The predicted octanol–water partition coefficient (Wildman–Crippen LogP) is 0.541. The van der Waals surface area contributed by atoms with E-state index in [0.717, 1.165) is 0 Å². The lowest BCUT2D eigenvalue weighted by atomic mass is 10.4. The summed E-state index contributed by atoms with van der Waals surface area (Å²) in [6, 6.07) is 0. The fourth-order valence-electron chi connectivity index (χ4n) is 0.365. The van der Waals surface area contributed by atoms with Crippen LogP contribution >= 0.6 is 11.6 Å². The molecule has 2 nitrogen and oxygen atoms in total. The summed E-state index contributed by atoms with van der Waals surface area (Å²) in [4.78, 5) is 9.98. The highest BCUT2D eigenvalue weighted by Crippen LogP contribution is 2.13. The van der Waals surface area contributed by atoms with Crippen molar-refractivity contribution in [1.82, 2.24) is 0 Å². The minimum atomic E-state index is -0.303. The van der Waals surface area contributed by atoms with E-state index in [1.807, 2.05) is 0 Å². The third-order valence-corrected chi connectivity index (χ3v) is 0.945. The first-order valence-corrected chi connectivity index (χ1v) is 2.47. The van der Waals surface area contributed by atoms with Crippen LogP contribution in [0.1, 0.15) is 6.42 Å². The van der Waals surface area contributed by atoms with E-state index in [4.69, 9.17) is 16.3 Å². The average Bonchev–Trinajstić information content (AvgIpc) is 2.17. The van der Waals surface area contributed by atoms with Gasteiger partial charge < -0.3 is 4.74 Å². The second-order valence-corrected chi connectivity index (χ2v) is 1.94. The van der Waals surface area contributed by atoms with E-state index >= 15 is 0 Å². The van der Waals surface area contributed by atoms with Crippen LogP contribution in [0, 0.1) is 0 Å². The van der Waals surface area contributed by atoms with Gasteiger partial charge in [0.1, 0.15) is 0 Å². The minimum absolute atomic E-state index is 0.144. The van der Waals surface area contributed by atoms with Crippen LogP contribution < -0.4 is 0 Å². The first-order valence-electron chi connectivity index (χ1n) is 2.09. The normalized spacial score (nSPS) is 27.3. The molecule has 0 spiro atoms. The number of carbonyl (C=O) groups excluding carboxylic acids is 1. The maximum atomic E-state index is 9.98. The lowest BCUT2D eigenvalue weighted by Crippen LogP contribution is -1.91. The van der Waals surface area contributed by atoms with Gasteiger partial charge in [0, 0.05) is 0 Å². The number of hydrogen-bond acceptors (Lipinski definition) is 2. The summed E-state index contributed by atoms with van der Waals surface area (Å²) in [6.45, 7) is 0.707. The van der Waals surface area contributed by atoms with Gasteiger partial charge in [-0.15, -0.1) is 0 Å². The Balaban J connectivity index is 2.08. The number of epoxide rings is 1. The summed E-state index contributed by atoms with van der Waals surface area (Å²) < 4.78 is 4.71. The Kier molecular flexibility index (Phi) is 1.30. The van der Waals surface area contributed by atoms with Crippen LogP contribution in [-0.2, 0) is 9.53 Å². The van der Waals surface area contributed by atoms with Gasteiger partial charge in [-0.05, 0) is 11.6 Å². The van der Waals surface area contributed by atoms with Crippen LogP contribution in [0.5, 0.6) is 0 Å². The van der Waals surface area contributed by atoms with Gasteiger partial charge in [-0.2, -0.15) is 0 Å². The molecule has 1 atom stereocenters. The Labute approximate surface area is 46.4 Å². The summed E-state index contributed by atoms with van der Waals surface area (Å²) in [5, 5.41) is -0.303. The van der Waals surface area contributed by atoms with Crippen molar-refractivity contribution in [2.24, 2.45) is 0 Å². The molecule has 0 aromatic heterocycles. The minimum Gasteiger partial charge on any atom is -0.373 e. The van der Waals surface area contributed by atoms with Crippen LogP contribution in [0.15, 0.2) is 0 Å². The lowest BCUT2D eigenvalue weighted by molar-refractivity contribution is -0.111. The molecular formula is C4H5ClO2. The highest BCUT2D eigenvalue weighted by molar-refractivity contribution is 6.63. The van der Waals surface area contributed by atoms with E-state index in [0.29, 0.717) is 13.0 Å². The molecule has 1 unspecified atom stereocenters. The molecule has 40 valence electrons. The van der Waals surface area contributed by atoms with Crippen molar-refractivity contribution in [3.63, 3.8) is 0 Å². The molecule has 1 saturated heterocycles. The zero-order chi connectivity index (χ0) is 5.28. The van der Waals surface area contributed by atoms with E-state index < -0.39 is 0 Å². The molecule has 0 amide bonds. The number of carbonyl (C=O) groups is 1. The summed E-state index contributed by atoms with van der Waals surface area (Å²) in [5.41, 5.74) is 0. The molecule has 0 N–H and O–H groups in total. The van der Waals surface area contributed by atoms with E-state index in [9.17, 15) is 4.79 Å². The van der Waals surface area contributed by atoms with Crippen LogP contribution in [0.3, 0.4) is 0 Å². The fraction of sp³-hybridized carbons (Fsp3) is 0.750. The monoisotopic (exact) mass is 120 g/mol. The van der Waals surface area contributed by atoms with Crippen LogP contribution in [-0.4, -0.2) is 18.0 Å². The number of hydrogen-bond donors (Lipinski definition) is 0. The highest BCUT2D eigenvalue weighted by atomic mass is 35.5. The smallest absolute Gasteiger partial charge is 0.224 e. The second kappa shape index (κ2) is 1.80. The van der Waals surface area contributed by atoms with Gasteiger partial charge in [0.05, 0.1) is 19.1 Å². The Hall–Kier alpha value is -0.0800. The molecule has 0 aromatic rings. The van der Waals surface area contributed by atoms with Gasteiger partial charge in [-0.25, -0.2) is 0 Å². The van der Waals surface area contributed by atoms with Gasteiger partial charge in [0.15, 0.2) is 0 Å². The Morgan fingerprint density at radius 1 is 2.00 bits per heavy atom. The molecule has 7 heavy (non-hydrogen) atoms. The molecule has 0 bridgehead atoms. The summed E-state index contributed by atoms with van der Waals surface area (Å²) in [7, 11) is 0. The molecule has 1 aliphatic heterocycles. The van der Waals surface area contributed by atoms with E-state index in [-0.39, 0.29) is 11.3 Å². The molecule has 1 rings (SSSR count). The van der Waals surface area contributed by atoms with Crippen LogP contribution in [0.4, 0.5) is 0 Å². The zero-order valence-corrected chi connectivity index (χ0v) is 4.44. The van der Waals surface area contributed by atoms with Gasteiger partial charge in [-0.3, -0.25) is 4.79 Å². The van der Waals surface area contributed by atoms with Crippen LogP contribution in [0.25, 0.3) is 0 Å². The Morgan fingerprint density at radius 2 is 2.57 bits per heavy atom. The summed E-state index contributed by atoms with van der Waals surface area (Å²) >= 11 is 4.99. The highest BCUT2D eigenvalue weighted by Gasteiger charge is 2.24. The van der Waals surface area contributed by atoms with Gasteiger partial charge in [-0.1, -0.05) is 0 Å². The van der Waals surface area contributed by atoms with Crippen molar-refractivity contribution in [2.45, 2.75) is 12.5 Å². The summed E-state index contributed by atoms with van der Waals surface area (Å²) in [6.07, 6.45) is 0.520. The van der Waals surface area contributed by atoms with Crippen molar-refractivity contribution in [3.8, 4) is 0 Å². The first kappa shape index (κ1) is 5.06. The van der Waals surface area contributed by atoms with Crippen molar-refractivity contribution in [2.75, 3.05) is 6.61 Å². The molecule has 1 aliphatic rings. The molecule has 0 radical (unpaired) electrons. The quantitative estimate of drug-likeness (QED) is 0.393. The summed E-state index contributed by atoms with van der Waals surface area (Å²) in [5.74, 6) is 0. The standard InChI is InChI=1S/C4H5ClO2/c5-4(6)1-3-2-7-3/h3H,1-2H2. The first-order chi connectivity index (χ1) is 3.29. The maximum Gasteiger partial charge on any atom is 0.224 e. The third kappa shape index (κ3) is 1.90. The van der Waals surface area contributed by atoms with E-state index in [1.54, 1.807) is 0 Å². The number of ether oxygens (including phenoxy) is 1. The third-order valence-electron chi connectivity index (χ3n) is 0.791. The largest absolute Gasteiger partial charge is 0.373 e. The number of rotatable bonds is 2. The maximum absolute atomic E-state index is 9.98. The zero-order valence-electron chi connectivity index (χ0n) is 3.69.